The summed E-state index contributed by atoms with van der Waals surface area (Å²) < 4.78 is 29.8. The number of carbonyl (C=O) groups excluding carboxylic acids is 1. The fourth-order valence-corrected chi connectivity index (χ4v) is 2.49. The normalized spacial score (nSPS) is 19.1. The van der Waals surface area contributed by atoms with Crippen molar-refractivity contribution in [1.82, 2.24) is 5.32 Å². The Kier molecular flexibility index (Phi) is 5.75. The lowest BCUT2D eigenvalue weighted by atomic mass is 10.2. The van der Waals surface area contributed by atoms with Gasteiger partial charge in [-0.3, -0.25) is 4.79 Å². The molecule has 1 aromatic rings. The Morgan fingerprint density at radius 1 is 1.55 bits per heavy atom. The molecule has 0 bridgehead atoms. The predicted octanol–water partition coefficient (Wildman–Crippen LogP) is 2.32. The minimum absolute atomic E-state index is 0.00220. The van der Waals surface area contributed by atoms with Crippen molar-refractivity contribution in [1.29, 1.82) is 0 Å². The van der Waals surface area contributed by atoms with E-state index >= 15 is 0 Å². The molecule has 20 heavy (non-hydrogen) atoms. The average molecular weight is 302 g/mol. The monoisotopic (exact) mass is 302 g/mol. The van der Waals surface area contributed by atoms with Gasteiger partial charge in [0, 0.05) is 29.6 Å². The fraction of sp³-hybridized carbons (Fsp3) is 0.462. The van der Waals surface area contributed by atoms with Crippen LogP contribution < -0.4 is 10.6 Å². The molecule has 7 heteroatoms. The number of hydrogen-bond donors (Lipinski definition) is 2. The quantitative estimate of drug-likeness (QED) is 0.820. The third kappa shape index (κ3) is 5.07. The highest BCUT2D eigenvalue weighted by molar-refractivity contribution is 7.99. The first-order chi connectivity index (χ1) is 9.63. The van der Waals surface area contributed by atoms with Gasteiger partial charge in [0.2, 0.25) is 5.91 Å². The van der Waals surface area contributed by atoms with E-state index in [4.69, 9.17) is 4.74 Å². The molecule has 0 spiro atoms. The second kappa shape index (κ2) is 7.56. The Morgan fingerprint density at radius 2 is 2.40 bits per heavy atom. The summed E-state index contributed by atoms with van der Waals surface area (Å²) in [4.78, 5) is 12.3. The molecule has 1 heterocycles. The van der Waals surface area contributed by atoms with E-state index in [2.05, 4.69) is 10.6 Å². The molecule has 1 aromatic carbocycles. The zero-order chi connectivity index (χ0) is 14.4. The first-order valence-electron chi connectivity index (χ1n) is 6.29. The van der Waals surface area contributed by atoms with E-state index < -0.39 is 5.76 Å². The Labute approximate surface area is 120 Å². The molecule has 2 rings (SSSR count). The number of benzene rings is 1. The molecular weight excluding hydrogens is 286 g/mol. The lowest BCUT2D eigenvalue weighted by molar-refractivity contribution is -0.117. The lowest BCUT2D eigenvalue weighted by Gasteiger charge is -2.23. The van der Waals surface area contributed by atoms with Crippen molar-refractivity contribution < 1.29 is 18.3 Å². The third-order valence-corrected chi connectivity index (χ3v) is 3.48. The minimum atomic E-state index is -2.47. The highest BCUT2D eigenvalue weighted by atomic mass is 32.2. The summed E-state index contributed by atoms with van der Waals surface area (Å²) in [5, 5.41) is 5.89. The van der Waals surface area contributed by atoms with Crippen LogP contribution in [0.3, 0.4) is 0 Å². The highest BCUT2D eigenvalue weighted by Gasteiger charge is 2.17. The van der Waals surface area contributed by atoms with E-state index in [0.29, 0.717) is 42.0 Å². The maximum absolute atomic E-state index is 12.3. The number of alkyl halides is 2. The Bertz CT molecular complexity index is 454. The van der Waals surface area contributed by atoms with Gasteiger partial charge in [-0.1, -0.05) is 17.8 Å². The van der Waals surface area contributed by atoms with Crippen LogP contribution in [-0.4, -0.2) is 37.5 Å². The van der Waals surface area contributed by atoms with E-state index in [0.717, 1.165) is 6.54 Å². The highest BCUT2D eigenvalue weighted by Crippen LogP contribution is 2.27. The Hall–Kier alpha value is -1.18. The number of carbonyl (C=O) groups is 1. The summed E-state index contributed by atoms with van der Waals surface area (Å²) >= 11 is 0.458. The number of ether oxygens (including phenoxy) is 1. The lowest BCUT2D eigenvalue weighted by Crippen LogP contribution is -2.43. The van der Waals surface area contributed by atoms with Gasteiger partial charge < -0.3 is 15.4 Å². The topological polar surface area (TPSA) is 50.4 Å². The third-order valence-electron chi connectivity index (χ3n) is 2.77. The van der Waals surface area contributed by atoms with Crippen LogP contribution in [-0.2, 0) is 9.53 Å². The van der Waals surface area contributed by atoms with Crippen molar-refractivity contribution in [2.45, 2.75) is 23.1 Å². The first kappa shape index (κ1) is 15.2. The van der Waals surface area contributed by atoms with Gasteiger partial charge in [0.25, 0.3) is 5.76 Å². The molecule has 0 aliphatic carbocycles. The van der Waals surface area contributed by atoms with Crippen molar-refractivity contribution in [3.05, 3.63) is 24.3 Å². The van der Waals surface area contributed by atoms with Crippen LogP contribution in [0.5, 0.6) is 0 Å². The van der Waals surface area contributed by atoms with Crippen LogP contribution in [0.2, 0.25) is 0 Å². The zero-order valence-corrected chi connectivity index (χ0v) is 11.6. The Morgan fingerprint density at radius 3 is 3.10 bits per heavy atom. The van der Waals surface area contributed by atoms with Crippen LogP contribution in [0.1, 0.15) is 6.42 Å². The number of thioether (sulfide) groups is 1. The van der Waals surface area contributed by atoms with Crippen LogP contribution in [0.4, 0.5) is 14.5 Å². The molecule has 1 fully saturated rings. The number of nitrogens with one attached hydrogen (secondary N) is 2. The summed E-state index contributed by atoms with van der Waals surface area (Å²) in [6, 6.07) is 6.45. The molecular formula is C13H16F2N2O2S. The van der Waals surface area contributed by atoms with Crippen LogP contribution >= 0.6 is 11.8 Å². The second-order valence-electron chi connectivity index (χ2n) is 4.38. The summed E-state index contributed by atoms with van der Waals surface area (Å²) in [6.07, 6.45) is 0.298. The van der Waals surface area contributed by atoms with Gasteiger partial charge in [-0.05, 0) is 18.2 Å². The standard InChI is InChI=1S/C13H16F2N2O2S/c14-13(15)20-11-3-1-2-9(6-11)17-12(18)7-10-8-19-5-4-16-10/h1-3,6,10,13,16H,4-5,7-8H2,(H,17,18). The van der Waals surface area contributed by atoms with Crippen molar-refractivity contribution in [2.75, 3.05) is 25.1 Å². The van der Waals surface area contributed by atoms with Gasteiger partial charge in [0.05, 0.1) is 13.2 Å². The van der Waals surface area contributed by atoms with E-state index in [9.17, 15) is 13.6 Å². The van der Waals surface area contributed by atoms with Gasteiger partial charge >= 0.3 is 0 Å². The molecule has 1 saturated heterocycles. The molecule has 4 nitrogen and oxygen atoms in total. The maximum Gasteiger partial charge on any atom is 0.288 e. The van der Waals surface area contributed by atoms with Crippen molar-refractivity contribution >= 4 is 23.4 Å². The van der Waals surface area contributed by atoms with Gasteiger partial charge in [-0.2, -0.15) is 8.78 Å². The first-order valence-corrected chi connectivity index (χ1v) is 7.17. The smallest absolute Gasteiger partial charge is 0.288 e. The predicted molar refractivity (Wildman–Crippen MR) is 74.2 cm³/mol. The molecule has 0 aromatic heterocycles. The van der Waals surface area contributed by atoms with Gasteiger partial charge in [-0.15, -0.1) is 0 Å². The van der Waals surface area contributed by atoms with Crippen molar-refractivity contribution in [2.24, 2.45) is 0 Å². The average Bonchev–Trinajstić information content (AvgIpc) is 2.39. The summed E-state index contributed by atoms with van der Waals surface area (Å²) in [5.41, 5.74) is 0.525. The number of hydrogen-bond acceptors (Lipinski definition) is 4. The van der Waals surface area contributed by atoms with Crippen molar-refractivity contribution in [3.63, 3.8) is 0 Å². The van der Waals surface area contributed by atoms with Gasteiger partial charge in [-0.25, -0.2) is 0 Å². The maximum atomic E-state index is 12.3. The van der Waals surface area contributed by atoms with Crippen LogP contribution in [0, 0.1) is 0 Å². The summed E-state index contributed by atoms with van der Waals surface area (Å²) in [6.45, 7) is 1.90. The number of anilines is 1. The SMILES string of the molecule is O=C(CC1COCCN1)Nc1cccc(SC(F)F)c1. The molecule has 0 saturated carbocycles. The number of amides is 1. The minimum Gasteiger partial charge on any atom is -0.378 e. The van der Waals surface area contributed by atoms with Crippen molar-refractivity contribution in [3.8, 4) is 0 Å². The summed E-state index contributed by atoms with van der Waals surface area (Å²) in [7, 11) is 0. The zero-order valence-electron chi connectivity index (χ0n) is 10.8. The molecule has 1 aliphatic heterocycles. The van der Waals surface area contributed by atoms with E-state index in [1.54, 1.807) is 24.3 Å². The molecule has 1 amide bonds. The molecule has 1 aliphatic rings. The van der Waals surface area contributed by atoms with Gasteiger partial charge in [0.15, 0.2) is 0 Å². The van der Waals surface area contributed by atoms with E-state index in [1.165, 1.54) is 0 Å². The number of morpholine rings is 1. The van der Waals surface area contributed by atoms with E-state index in [1.807, 2.05) is 0 Å². The number of halogens is 2. The molecule has 0 radical (unpaired) electrons. The fourth-order valence-electron chi connectivity index (χ4n) is 1.94. The molecule has 110 valence electrons. The van der Waals surface area contributed by atoms with Crippen LogP contribution in [0.25, 0.3) is 0 Å². The van der Waals surface area contributed by atoms with Crippen LogP contribution in [0.15, 0.2) is 29.2 Å². The molecule has 1 atom stereocenters. The summed E-state index contributed by atoms with van der Waals surface area (Å²) in [5.74, 6) is -2.63. The largest absolute Gasteiger partial charge is 0.378 e. The molecule has 2 N–H and O–H groups in total. The Balaban J connectivity index is 1.86. The number of rotatable bonds is 5. The molecule has 1 unspecified atom stereocenters. The van der Waals surface area contributed by atoms with Gasteiger partial charge in [0.1, 0.15) is 0 Å². The second-order valence-corrected chi connectivity index (χ2v) is 5.45. The van der Waals surface area contributed by atoms with E-state index in [-0.39, 0.29) is 11.9 Å².